The molecule has 0 amide bonds. The van der Waals surface area contributed by atoms with Crippen molar-refractivity contribution in [1.82, 2.24) is 24.0 Å². The monoisotopic (exact) mass is 545 g/mol. The van der Waals surface area contributed by atoms with Crippen LogP contribution in [0.25, 0.3) is 16.6 Å². The molecule has 1 aliphatic heterocycles. The Morgan fingerprint density at radius 2 is 1.87 bits per heavy atom. The molecule has 1 fully saturated rings. The molecule has 0 saturated carbocycles. The molecule has 0 radical (unpaired) electrons. The number of fused-ring (bicyclic) bond motifs is 1. The van der Waals surface area contributed by atoms with Crippen molar-refractivity contribution < 1.29 is 21.8 Å². The minimum absolute atomic E-state index is 0.162. The Labute approximate surface area is 220 Å². The summed E-state index contributed by atoms with van der Waals surface area (Å²) in [6.07, 6.45) is -1.05. The summed E-state index contributed by atoms with van der Waals surface area (Å²) in [6, 6.07) is 14.7. The SMILES string of the molecule is Cc1cc2c(cnn2-c2ccc(F)cc2)cc1C1CN(S(=O)c2ccccn2)CCN1CC(C)C(F)(F)F. The van der Waals surface area contributed by atoms with Crippen molar-refractivity contribution in [2.75, 3.05) is 26.2 Å². The molecule has 0 aliphatic carbocycles. The number of aromatic nitrogens is 3. The Bertz CT molecular complexity index is 1440. The van der Waals surface area contributed by atoms with Gasteiger partial charge in [0, 0.05) is 43.8 Å². The second-order valence-electron chi connectivity index (χ2n) is 9.56. The number of hydrogen-bond donors (Lipinski definition) is 0. The molecule has 3 unspecified atom stereocenters. The van der Waals surface area contributed by atoms with Gasteiger partial charge in [0.2, 0.25) is 0 Å². The summed E-state index contributed by atoms with van der Waals surface area (Å²) in [5.74, 6) is -1.86. The van der Waals surface area contributed by atoms with E-state index in [0.717, 1.165) is 22.0 Å². The summed E-state index contributed by atoms with van der Waals surface area (Å²) in [7, 11) is -1.54. The van der Waals surface area contributed by atoms with E-state index in [-0.39, 0.29) is 18.9 Å². The normalized spacial score (nSPS) is 19.1. The van der Waals surface area contributed by atoms with Gasteiger partial charge >= 0.3 is 6.18 Å². The van der Waals surface area contributed by atoms with E-state index in [9.17, 15) is 21.8 Å². The zero-order chi connectivity index (χ0) is 27.0. The zero-order valence-corrected chi connectivity index (χ0v) is 21.7. The maximum absolute atomic E-state index is 13.5. The molecular weight excluding hydrogens is 518 g/mol. The predicted molar refractivity (Wildman–Crippen MR) is 138 cm³/mol. The Kier molecular flexibility index (Phi) is 7.34. The Hall–Kier alpha value is -3.15. The number of nitrogens with zero attached hydrogens (tertiary/aromatic N) is 5. The summed E-state index contributed by atoms with van der Waals surface area (Å²) in [6.45, 7) is 3.91. The van der Waals surface area contributed by atoms with Crippen molar-refractivity contribution >= 4 is 21.9 Å². The van der Waals surface area contributed by atoms with Gasteiger partial charge in [-0.25, -0.2) is 22.6 Å². The first-order chi connectivity index (χ1) is 18.1. The van der Waals surface area contributed by atoms with Gasteiger partial charge < -0.3 is 0 Å². The summed E-state index contributed by atoms with van der Waals surface area (Å²) in [4.78, 5) is 6.04. The molecule has 0 spiro atoms. The van der Waals surface area contributed by atoms with Crippen LogP contribution in [0, 0.1) is 18.7 Å². The number of pyridine rings is 1. The van der Waals surface area contributed by atoms with E-state index in [1.807, 2.05) is 24.0 Å². The Balaban J connectivity index is 1.51. The van der Waals surface area contributed by atoms with Crippen molar-refractivity contribution in [3.8, 4) is 5.69 Å². The average Bonchev–Trinajstić information content (AvgIpc) is 3.31. The van der Waals surface area contributed by atoms with Gasteiger partial charge in [0.05, 0.1) is 23.3 Å². The van der Waals surface area contributed by atoms with Crippen molar-refractivity contribution in [3.63, 3.8) is 0 Å². The molecule has 200 valence electrons. The van der Waals surface area contributed by atoms with Crippen LogP contribution in [0.5, 0.6) is 0 Å². The maximum Gasteiger partial charge on any atom is 0.392 e. The largest absolute Gasteiger partial charge is 0.392 e. The lowest BCUT2D eigenvalue weighted by Gasteiger charge is -2.42. The van der Waals surface area contributed by atoms with Crippen LogP contribution in [0.15, 0.2) is 72.0 Å². The van der Waals surface area contributed by atoms with Crippen LogP contribution in [0.1, 0.15) is 24.1 Å². The molecule has 3 atom stereocenters. The van der Waals surface area contributed by atoms with Crippen LogP contribution in [-0.4, -0.2) is 60.5 Å². The topological polar surface area (TPSA) is 54.3 Å². The lowest BCUT2D eigenvalue weighted by Crippen LogP contribution is -2.51. The second-order valence-corrected chi connectivity index (χ2v) is 11.0. The van der Waals surface area contributed by atoms with Crippen LogP contribution >= 0.6 is 0 Å². The minimum atomic E-state index is -4.31. The van der Waals surface area contributed by atoms with E-state index >= 15 is 0 Å². The van der Waals surface area contributed by atoms with Gasteiger partial charge in [0.15, 0.2) is 0 Å². The zero-order valence-electron chi connectivity index (χ0n) is 20.9. The molecule has 6 nitrogen and oxygen atoms in total. The molecular formula is C27H27F4N5OS. The van der Waals surface area contributed by atoms with Crippen molar-refractivity contribution in [1.29, 1.82) is 0 Å². The summed E-state index contributed by atoms with van der Waals surface area (Å²) in [5.41, 5.74) is 3.23. The standard InChI is InChI=1S/C27H27F4N5OS/c1-18-13-24-20(15-33-36(24)22-8-6-21(28)7-9-22)14-23(18)25-17-35(38(37)26-5-3-4-10-32-26)12-11-34(25)16-19(2)27(29,30)31/h3-10,13-15,19,25H,11-12,16-17H2,1-2H3. The Morgan fingerprint density at radius 3 is 2.55 bits per heavy atom. The highest BCUT2D eigenvalue weighted by Gasteiger charge is 2.40. The molecule has 0 N–H and O–H groups in total. The highest BCUT2D eigenvalue weighted by molar-refractivity contribution is 7.82. The fourth-order valence-corrected chi connectivity index (χ4v) is 5.98. The lowest BCUT2D eigenvalue weighted by atomic mass is 9.95. The van der Waals surface area contributed by atoms with E-state index in [1.54, 1.807) is 51.7 Å². The molecule has 11 heteroatoms. The predicted octanol–water partition coefficient (Wildman–Crippen LogP) is 5.45. The molecule has 2 aromatic carbocycles. The van der Waals surface area contributed by atoms with Gasteiger partial charge in [-0.05, 0) is 66.6 Å². The quantitative estimate of drug-likeness (QED) is 0.303. The van der Waals surface area contributed by atoms with Gasteiger partial charge in [0.25, 0.3) is 0 Å². The van der Waals surface area contributed by atoms with E-state index < -0.39 is 29.1 Å². The van der Waals surface area contributed by atoms with Crippen LogP contribution < -0.4 is 0 Å². The Morgan fingerprint density at radius 1 is 1.11 bits per heavy atom. The number of alkyl halides is 3. The molecule has 1 saturated heterocycles. The van der Waals surface area contributed by atoms with E-state index in [4.69, 9.17) is 0 Å². The first-order valence-corrected chi connectivity index (χ1v) is 13.4. The highest BCUT2D eigenvalue weighted by Crippen LogP contribution is 2.35. The fourth-order valence-electron chi connectivity index (χ4n) is 4.84. The van der Waals surface area contributed by atoms with Gasteiger partial charge in [-0.15, -0.1) is 0 Å². The number of halogens is 4. The molecule has 0 bridgehead atoms. The number of rotatable bonds is 6. The van der Waals surface area contributed by atoms with Gasteiger partial charge in [-0.2, -0.15) is 18.3 Å². The summed E-state index contributed by atoms with van der Waals surface area (Å²) in [5, 5.41) is 5.69. The second kappa shape index (κ2) is 10.5. The molecule has 4 aromatic rings. The fraction of sp³-hybridized carbons (Fsp3) is 0.333. The van der Waals surface area contributed by atoms with Gasteiger partial charge in [0.1, 0.15) is 21.8 Å². The highest BCUT2D eigenvalue weighted by atomic mass is 32.2. The van der Waals surface area contributed by atoms with Gasteiger partial charge in [-0.3, -0.25) is 4.90 Å². The van der Waals surface area contributed by atoms with E-state index in [1.165, 1.54) is 19.1 Å². The first-order valence-electron chi connectivity index (χ1n) is 12.2. The van der Waals surface area contributed by atoms with Crippen molar-refractivity contribution in [2.45, 2.75) is 31.1 Å². The number of piperazine rings is 1. The smallest absolute Gasteiger partial charge is 0.293 e. The molecule has 38 heavy (non-hydrogen) atoms. The van der Waals surface area contributed by atoms with Crippen LogP contribution in [0.4, 0.5) is 17.6 Å². The minimum Gasteiger partial charge on any atom is -0.293 e. The van der Waals surface area contributed by atoms with Crippen molar-refractivity contribution in [3.05, 3.63) is 83.9 Å². The number of aryl methyl sites for hydroxylation is 1. The van der Waals surface area contributed by atoms with Crippen LogP contribution in [-0.2, 0) is 11.0 Å². The average molecular weight is 546 g/mol. The third kappa shape index (κ3) is 5.36. The first kappa shape index (κ1) is 26.5. The molecule has 5 rings (SSSR count). The number of benzene rings is 2. The van der Waals surface area contributed by atoms with E-state index in [2.05, 4.69) is 10.1 Å². The summed E-state index contributed by atoms with van der Waals surface area (Å²) < 4.78 is 70.7. The third-order valence-electron chi connectivity index (χ3n) is 6.96. The lowest BCUT2D eigenvalue weighted by molar-refractivity contribution is -0.176. The number of hydrogen-bond acceptors (Lipinski definition) is 4. The van der Waals surface area contributed by atoms with Crippen LogP contribution in [0.2, 0.25) is 0 Å². The molecule has 3 heterocycles. The van der Waals surface area contributed by atoms with Gasteiger partial charge in [-0.1, -0.05) is 13.0 Å². The van der Waals surface area contributed by atoms with Crippen molar-refractivity contribution in [2.24, 2.45) is 5.92 Å². The van der Waals surface area contributed by atoms with E-state index in [0.29, 0.717) is 23.8 Å². The maximum atomic E-state index is 13.5. The van der Waals surface area contributed by atoms with Crippen LogP contribution in [0.3, 0.4) is 0 Å². The third-order valence-corrected chi connectivity index (χ3v) is 8.36. The molecule has 1 aliphatic rings. The molecule has 2 aromatic heterocycles. The summed E-state index contributed by atoms with van der Waals surface area (Å²) >= 11 is 0.